The number of thiocarbonyl (C=S) groups is 1. The molecular formula is C22H19NO6S2. The number of carbonyl (C=O) groups excluding carboxylic acids is 1. The van der Waals surface area contributed by atoms with E-state index in [2.05, 4.69) is 0 Å². The molecule has 0 aliphatic carbocycles. The van der Waals surface area contributed by atoms with E-state index >= 15 is 0 Å². The first kappa shape index (κ1) is 22.5. The molecular weight excluding hydrogens is 438 g/mol. The number of amides is 1. The lowest BCUT2D eigenvalue weighted by Crippen LogP contribution is -2.45. The molecule has 2 N–H and O–H groups in total. The molecule has 2 unspecified atom stereocenters. The van der Waals surface area contributed by atoms with Gasteiger partial charge in [0.05, 0.1) is 4.91 Å². The number of nitrogens with zero attached hydrogens (tertiary/aromatic N) is 1. The standard InChI is InChI=1S/C22H19NO6S2/c1-13(20(25)26)29-16-9-7-15(8-10-16)12-18-19(24)23(22(30)31-18)17(21(27)28)11-14-5-3-2-4-6-14/h2-10,12-13,17H,11H2,1H3,(H,25,26)(H,27,28)/b18-12-. The highest BCUT2D eigenvalue weighted by Crippen LogP contribution is 2.35. The molecule has 2 aromatic carbocycles. The van der Waals surface area contributed by atoms with Crippen LogP contribution < -0.4 is 4.74 Å². The van der Waals surface area contributed by atoms with E-state index in [1.54, 1.807) is 42.5 Å². The highest BCUT2D eigenvalue weighted by Gasteiger charge is 2.40. The Morgan fingerprint density at radius 1 is 1.10 bits per heavy atom. The van der Waals surface area contributed by atoms with Crippen LogP contribution in [-0.2, 0) is 20.8 Å². The highest BCUT2D eigenvalue weighted by molar-refractivity contribution is 8.26. The number of rotatable bonds is 8. The average molecular weight is 458 g/mol. The van der Waals surface area contributed by atoms with Gasteiger partial charge in [-0.05, 0) is 36.3 Å². The molecule has 1 heterocycles. The third kappa shape index (κ3) is 5.50. The second kappa shape index (κ2) is 9.76. The van der Waals surface area contributed by atoms with Crippen molar-refractivity contribution in [2.45, 2.75) is 25.5 Å². The molecule has 31 heavy (non-hydrogen) atoms. The molecule has 2 aromatic rings. The Hall–Kier alpha value is -3.17. The Balaban J connectivity index is 1.77. The Morgan fingerprint density at radius 3 is 2.32 bits per heavy atom. The van der Waals surface area contributed by atoms with E-state index in [1.807, 2.05) is 18.2 Å². The van der Waals surface area contributed by atoms with Crippen molar-refractivity contribution in [1.82, 2.24) is 4.90 Å². The molecule has 9 heteroatoms. The van der Waals surface area contributed by atoms with Crippen molar-refractivity contribution in [3.05, 3.63) is 70.6 Å². The van der Waals surface area contributed by atoms with Crippen molar-refractivity contribution in [3.63, 3.8) is 0 Å². The maximum Gasteiger partial charge on any atom is 0.344 e. The molecule has 1 aliphatic heterocycles. The van der Waals surface area contributed by atoms with E-state index in [4.69, 9.17) is 22.1 Å². The monoisotopic (exact) mass is 457 g/mol. The largest absolute Gasteiger partial charge is 0.480 e. The van der Waals surface area contributed by atoms with Gasteiger partial charge in [0.15, 0.2) is 6.10 Å². The molecule has 0 saturated carbocycles. The summed E-state index contributed by atoms with van der Waals surface area (Å²) in [5.74, 6) is -2.28. The number of aliphatic carboxylic acids is 2. The van der Waals surface area contributed by atoms with E-state index in [1.165, 1.54) is 6.92 Å². The summed E-state index contributed by atoms with van der Waals surface area (Å²) in [7, 11) is 0. The topological polar surface area (TPSA) is 104 Å². The van der Waals surface area contributed by atoms with Crippen LogP contribution in [-0.4, -0.2) is 49.4 Å². The average Bonchev–Trinajstić information content (AvgIpc) is 3.01. The van der Waals surface area contributed by atoms with Gasteiger partial charge in [0.1, 0.15) is 16.1 Å². The second-order valence-electron chi connectivity index (χ2n) is 6.76. The van der Waals surface area contributed by atoms with Crippen LogP contribution in [0.3, 0.4) is 0 Å². The molecule has 1 fully saturated rings. The van der Waals surface area contributed by atoms with Crippen molar-refractivity contribution in [2.75, 3.05) is 0 Å². The molecule has 2 atom stereocenters. The molecule has 0 bridgehead atoms. The summed E-state index contributed by atoms with van der Waals surface area (Å²) in [6, 6.07) is 14.5. The number of hydrogen-bond acceptors (Lipinski definition) is 6. The Kier molecular flexibility index (Phi) is 7.09. The minimum Gasteiger partial charge on any atom is -0.480 e. The third-order valence-corrected chi connectivity index (χ3v) is 5.86. The SMILES string of the molecule is CC(Oc1ccc(/C=C2\SC(=S)N(C(Cc3ccccc3)C(=O)O)C2=O)cc1)C(=O)O. The van der Waals surface area contributed by atoms with Crippen LogP contribution in [0.2, 0.25) is 0 Å². The van der Waals surface area contributed by atoms with Crippen molar-refractivity contribution in [1.29, 1.82) is 0 Å². The third-order valence-electron chi connectivity index (χ3n) is 4.53. The number of carbonyl (C=O) groups is 3. The lowest BCUT2D eigenvalue weighted by atomic mass is 10.0. The zero-order valence-corrected chi connectivity index (χ0v) is 18.1. The quantitative estimate of drug-likeness (QED) is 0.459. The lowest BCUT2D eigenvalue weighted by molar-refractivity contribution is -0.145. The van der Waals surface area contributed by atoms with Crippen LogP contribution in [0.15, 0.2) is 59.5 Å². The molecule has 0 aromatic heterocycles. The van der Waals surface area contributed by atoms with Gasteiger partial charge >= 0.3 is 11.9 Å². The van der Waals surface area contributed by atoms with Crippen LogP contribution in [0.25, 0.3) is 6.08 Å². The fraction of sp³-hybridized carbons (Fsp3) is 0.182. The fourth-order valence-corrected chi connectivity index (χ4v) is 4.28. The Morgan fingerprint density at radius 2 is 1.74 bits per heavy atom. The predicted octanol–water partition coefficient (Wildman–Crippen LogP) is 3.44. The van der Waals surface area contributed by atoms with Gasteiger partial charge in [-0.2, -0.15) is 0 Å². The molecule has 160 valence electrons. The smallest absolute Gasteiger partial charge is 0.344 e. The maximum absolute atomic E-state index is 12.9. The van der Waals surface area contributed by atoms with E-state index in [9.17, 15) is 19.5 Å². The number of thioether (sulfide) groups is 1. The predicted molar refractivity (Wildman–Crippen MR) is 121 cm³/mol. The van der Waals surface area contributed by atoms with E-state index in [0.29, 0.717) is 16.2 Å². The highest BCUT2D eigenvalue weighted by atomic mass is 32.2. The summed E-state index contributed by atoms with van der Waals surface area (Å²) in [4.78, 5) is 37.2. The van der Waals surface area contributed by atoms with Crippen molar-refractivity contribution < 1.29 is 29.3 Å². The van der Waals surface area contributed by atoms with Gasteiger partial charge in [0.2, 0.25) is 0 Å². The van der Waals surface area contributed by atoms with E-state index in [-0.39, 0.29) is 10.7 Å². The summed E-state index contributed by atoms with van der Waals surface area (Å²) in [5, 5.41) is 18.6. The normalized spacial score (nSPS) is 16.9. The number of hydrogen-bond donors (Lipinski definition) is 2. The number of carboxylic acid groups (broad SMARTS) is 2. The van der Waals surface area contributed by atoms with Crippen LogP contribution >= 0.6 is 24.0 Å². The van der Waals surface area contributed by atoms with Crippen molar-refractivity contribution in [3.8, 4) is 5.75 Å². The Bertz CT molecular complexity index is 1040. The molecule has 1 amide bonds. The van der Waals surface area contributed by atoms with Gasteiger partial charge < -0.3 is 14.9 Å². The summed E-state index contributed by atoms with van der Waals surface area (Å²) >= 11 is 6.35. The zero-order valence-electron chi connectivity index (χ0n) is 16.4. The summed E-state index contributed by atoms with van der Waals surface area (Å²) < 4.78 is 5.47. The summed E-state index contributed by atoms with van der Waals surface area (Å²) in [5.41, 5.74) is 1.46. The van der Waals surface area contributed by atoms with Gasteiger partial charge in [0.25, 0.3) is 5.91 Å². The van der Waals surface area contributed by atoms with E-state index in [0.717, 1.165) is 22.2 Å². The van der Waals surface area contributed by atoms with Crippen molar-refractivity contribution >= 4 is 52.2 Å². The minimum absolute atomic E-state index is 0.143. The molecule has 1 aliphatic rings. The van der Waals surface area contributed by atoms with Crippen LogP contribution in [0.4, 0.5) is 0 Å². The molecule has 0 radical (unpaired) electrons. The lowest BCUT2D eigenvalue weighted by Gasteiger charge is -2.23. The Labute approximate surface area is 188 Å². The maximum atomic E-state index is 12.9. The van der Waals surface area contributed by atoms with Crippen LogP contribution in [0.1, 0.15) is 18.1 Å². The van der Waals surface area contributed by atoms with Gasteiger partial charge in [-0.25, -0.2) is 9.59 Å². The minimum atomic E-state index is -1.13. The van der Waals surface area contributed by atoms with Gasteiger partial charge in [0, 0.05) is 6.42 Å². The second-order valence-corrected chi connectivity index (χ2v) is 8.44. The number of ether oxygens (including phenoxy) is 1. The first-order valence-electron chi connectivity index (χ1n) is 9.29. The van der Waals surface area contributed by atoms with Gasteiger partial charge in [-0.15, -0.1) is 0 Å². The van der Waals surface area contributed by atoms with Crippen molar-refractivity contribution in [2.24, 2.45) is 0 Å². The summed E-state index contributed by atoms with van der Waals surface area (Å²) in [6.45, 7) is 1.43. The first-order valence-corrected chi connectivity index (χ1v) is 10.5. The molecule has 7 nitrogen and oxygen atoms in total. The summed E-state index contributed by atoms with van der Waals surface area (Å²) in [6.07, 6.45) is 0.772. The zero-order chi connectivity index (χ0) is 22.5. The van der Waals surface area contributed by atoms with Crippen LogP contribution in [0.5, 0.6) is 5.75 Å². The van der Waals surface area contributed by atoms with Crippen LogP contribution in [0, 0.1) is 0 Å². The van der Waals surface area contributed by atoms with Gasteiger partial charge in [-0.1, -0.05) is 66.4 Å². The van der Waals surface area contributed by atoms with Gasteiger partial charge in [-0.3, -0.25) is 9.69 Å². The fourth-order valence-electron chi connectivity index (χ4n) is 2.92. The molecule has 3 rings (SSSR count). The first-order chi connectivity index (χ1) is 14.8. The van der Waals surface area contributed by atoms with E-state index < -0.39 is 30.0 Å². The number of benzene rings is 2. The number of carboxylic acids is 2. The molecule has 0 spiro atoms. The molecule has 1 saturated heterocycles.